The number of hydrogen-bond donors (Lipinski definition) is 3. The largest absolute Gasteiger partial charge is 0.472 e. The number of hydrogen-bond acceptors (Lipinski definition) is 15. The van der Waals surface area contributed by atoms with Crippen molar-refractivity contribution >= 4 is 39.5 Å². The molecule has 6 atom stereocenters. The molecule has 0 aliphatic rings. The number of aliphatic hydroxyl groups excluding tert-OH is 1. The van der Waals surface area contributed by atoms with Gasteiger partial charge in [-0.15, -0.1) is 0 Å². The van der Waals surface area contributed by atoms with Gasteiger partial charge >= 0.3 is 39.5 Å². The van der Waals surface area contributed by atoms with Gasteiger partial charge in [0.25, 0.3) is 0 Å². The molecule has 648 valence electrons. The van der Waals surface area contributed by atoms with Crippen LogP contribution in [0.25, 0.3) is 0 Å². The lowest BCUT2D eigenvalue weighted by atomic mass is 9.99. The Bertz CT molecular complexity index is 2080. The van der Waals surface area contributed by atoms with Crippen LogP contribution >= 0.6 is 15.6 Å². The fraction of sp³-hybridized carbons (Fsp3) is 0.956. The Morgan fingerprint density at radius 3 is 0.697 bits per heavy atom. The molecule has 19 heteroatoms. The maximum Gasteiger partial charge on any atom is 0.472 e. The van der Waals surface area contributed by atoms with Gasteiger partial charge in [-0.25, -0.2) is 9.13 Å². The van der Waals surface area contributed by atoms with Gasteiger partial charge in [-0.2, -0.15) is 0 Å². The van der Waals surface area contributed by atoms with Crippen LogP contribution in [0.1, 0.15) is 485 Å². The lowest BCUT2D eigenvalue weighted by Gasteiger charge is -2.21. The fourth-order valence-corrected chi connectivity index (χ4v) is 15.7. The van der Waals surface area contributed by atoms with E-state index < -0.39 is 97.5 Å². The summed E-state index contributed by atoms with van der Waals surface area (Å²) in [7, 11) is -9.94. The molecule has 0 aliphatic carbocycles. The highest BCUT2D eigenvalue weighted by Gasteiger charge is 2.31. The molecule has 0 heterocycles. The molecule has 0 aromatic carbocycles. The molecule has 109 heavy (non-hydrogen) atoms. The Kier molecular flexibility index (Phi) is 79.8. The van der Waals surface area contributed by atoms with E-state index in [-0.39, 0.29) is 25.7 Å². The highest BCUT2D eigenvalue weighted by Crippen LogP contribution is 2.45. The minimum Gasteiger partial charge on any atom is -0.462 e. The zero-order chi connectivity index (χ0) is 79.9. The number of carbonyl (C=O) groups excluding carboxylic acids is 4. The van der Waals surface area contributed by atoms with Gasteiger partial charge in [0.1, 0.15) is 19.3 Å². The van der Waals surface area contributed by atoms with Crippen molar-refractivity contribution in [2.24, 2.45) is 11.8 Å². The number of phosphoric ester groups is 2. The van der Waals surface area contributed by atoms with E-state index in [0.717, 1.165) is 102 Å². The summed E-state index contributed by atoms with van der Waals surface area (Å²) >= 11 is 0. The smallest absolute Gasteiger partial charge is 0.462 e. The van der Waals surface area contributed by atoms with Crippen molar-refractivity contribution in [2.75, 3.05) is 39.6 Å². The third-order valence-corrected chi connectivity index (χ3v) is 23.5. The molecule has 0 amide bonds. The van der Waals surface area contributed by atoms with Crippen LogP contribution in [0.4, 0.5) is 0 Å². The molecule has 0 saturated carbocycles. The summed E-state index contributed by atoms with van der Waals surface area (Å²) in [6.07, 6.45) is 75.0. The van der Waals surface area contributed by atoms with E-state index in [1.54, 1.807) is 0 Å². The van der Waals surface area contributed by atoms with Gasteiger partial charge in [0.2, 0.25) is 0 Å². The van der Waals surface area contributed by atoms with Crippen molar-refractivity contribution in [1.82, 2.24) is 0 Å². The van der Waals surface area contributed by atoms with E-state index in [1.807, 2.05) is 0 Å². The highest BCUT2D eigenvalue weighted by atomic mass is 31.2. The molecular weight excluding hydrogens is 1410 g/mol. The van der Waals surface area contributed by atoms with Gasteiger partial charge in [-0.05, 0) is 37.5 Å². The minimum atomic E-state index is -4.97. The highest BCUT2D eigenvalue weighted by molar-refractivity contribution is 7.47. The van der Waals surface area contributed by atoms with Crippen LogP contribution < -0.4 is 0 Å². The van der Waals surface area contributed by atoms with Crippen LogP contribution in [-0.4, -0.2) is 96.7 Å². The van der Waals surface area contributed by atoms with Crippen LogP contribution in [0.15, 0.2) is 0 Å². The van der Waals surface area contributed by atoms with Crippen molar-refractivity contribution < 1.29 is 80.2 Å². The monoisotopic (exact) mass is 1590 g/mol. The number of phosphoric acid groups is 2. The van der Waals surface area contributed by atoms with Crippen LogP contribution in [0.5, 0.6) is 0 Å². The quantitative estimate of drug-likeness (QED) is 0.0222. The Balaban J connectivity index is 5.25. The number of carbonyl (C=O) groups is 4. The third kappa shape index (κ3) is 82.4. The summed E-state index contributed by atoms with van der Waals surface area (Å²) in [6, 6.07) is 0. The Morgan fingerprint density at radius 2 is 0.468 bits per heavy atom. The summed E-state index contributed by atoms with van der Waals surface area (Å²) in [5.74, 6) is -0.498. The molecule has 0 rings (SSSR count). The molecule has 0 fully saturated rings. The lowest BCUT2D eigenvalue weighted by molar-refractivity contribution is -0.161. The first-order chi connectivity index (χ1) is 52.9. The summed E-state index contributed by atoms with van der Waals surface area (Å²) in [5, 5.41) is 10.7. The standard InChI is InChI=1S/C90H176O17P2/c1-7-10-12-14-16-18-20-22-24-26-27-32-35-39-43-47-54-60-66-72-87(92)100-78-85(106-89(94)74-69-63-57-49-45-41-37-33-29-28-31-34-38-42-46-52-58-64-70-82(4)5)80-104-108(96,97)102-76-84(91)77-103-109(98,99)105-81-86(79-101-88(93)73-67-61-55-51-50-53-59-65-71-83(6)9-3)107-90(95)75-68-62-56-48-44-40-36-30-25-23-21-19-17-15-13-11-8-2/h82-86,91H,7-81H2,1-6H3,(H,96,97)(H,98,99)/t83?,84-,85-,86-/m1/s1. The maximum atomic E-state index is 13.2. The molecule has 3 unspecified atom stereocenters. The molecule has 3 N–H and O–H groups in total. The van der Waals surface area contributed by atoms with E-state index in [9.17, 15) is 43.2 Å². The molecule has 0 radical (unpaired) electrons. The number of aliphatic hydroxyl groups is 1. The topological polar surface area (TPSA) is 237 Å². The van der Waals surface area contributed by atoms with E-state index >= 15 is 0 Å². The van der Waals surface area contributed by atoms with Gasteiger partial charge < -0.3 is 33.8 Å². The first-order valence-corrected chi connectivity index (χ1v) is 49.5. The van der Waals surface area contributed by atoms with Gasteiger partial charge in [-0.3, -0.25) is 37.3 Å². The second kappa shape index (κ2) is 81.2. The van der Waals surface area contributed by atoms with Crippen LogP contribution in [0, 0.1) is 11.8 Å². The van der Waals surface area contributed by atoms with Gasteiger partial charge in [0.05, 0.1) is 26.4 Å². The average Bonchev–Trinajstić information content (AvgIpc) is 0.899. The Labute approximate surface area is 670 Å². The number of rotatable bonds is 89. The van der Waals surface area contributed by atoms with Crippen molar-refractivity contribution in [3.05, 3.63) is 0 Å². The average molecular weight is 1590 g/mol. The second-order valence-corrected chi connectivity index (χ2v) is 36.0. The van der Waals surface area contributed by atoms with Crippen molar-refractivity contribution in [2.45, 2.75) is 503 Å². The lowest BCUT2D eigenvalue weighted by Crippen LogP contribution is -2.30. The molecule has 0 spiro atoms. The molecule has 17 nitrogen and oxygen atoms in total. The summed E-state index contributed by atoms with van der Waals surface area (Å²) in [4.78, 5) is 73.4. The number of unbranched alkanes of at least 4 members (excludes halogenated alkanes) is 58. The molecule has 0 bridgehead atoms. The number of ether oxygens (including phenoxy) is 4. The molecule has 0 aliphatic heterocycles. The molecule has 0 aromatic rings. The first-order valence-electron chi connectivity index (χ1n) is 46.5. The van der Waals surface area contributed by atoms with Crippen LogP contribution in [-0.2, 0) is 65.4 Å². The van der Waals surface area contributed by atoms with Crippen molar-refractivity contribution in [1.29, 1.82) is 0 Å². The molecule has 0 aromatic heterocycles. The zero-order valence-corrected chi connectivity index (χ0v) is 73.7. The van der Waals surface area contributed by atoms with E-state index in [0.29, 0.717) is 25.7 Å². The second-order valence-electron chi connectivity index (χ2n) is 33.1. The molecular formula is C90H176O17P2. The predicted octanol–water partition coefficient (Wildman–Crippen LogP) is 27.8. The van der Waals surface area contributed by atoms with E-state index in [4.69, 9.17) is 37.0 Å². The summed E-state index contributed by atoms with van der Waals surface area (Å²) < 4.78 is 69.1. The molecule has 0 saturated heterocycles. The zero-order valence-electron chi connectivity index (χ0n) is 71.9. The summed E-state index contributed by atoms with van der Waals surface area (Å²) in [6.45, 7) is 9.74. The van der Waals surface area contributed by atoms with Gasteiger partial charge in [-0.1, -0.05) is 433 Å². The maximum absolute atomic E-state index is 13.2. The predicted molar refractivity (Wildman–Crippen MR) is 451 cm³/mol. The van der Waals surface area contributed by atoms with Crippen molar-refractivity contribution in [3.63, 3.8) is 0 Å². The van der Waals surface area contributed by atoms with E-state index in [2.05, 4.69) is 41.5 Å². The normalized spacial score (nSPS) is 14.0. The van der Waals surface area contributed by atoms with Gasteiger partial charge in [0, 0.05) is 25.7 Å². The minimum absolute atomic E-state index is 0.108. The Hall–Kier alpha value is -1.94. The van der Waals surface area contributed by atoms with Crippen LogP contribution in [0.3, 0.4) is 0 Å². The number of esters is 4. The third-order valence-electron chi connectivity index (χ3n) is 21.6. The SMILES string of the molecule is CCCCCCCCCCCCCCCCCCCCCC(=O)OC[C@H](COP(=O)(O)OC[C@@H](O)COP(=O)(O)OC[C@@H](COC(=O)CCCCCCCCCCC(C)CC)OC(=O)CCCCCCCCCCCCCCCCCCC)OC(=O)CCCCCCCCCCCCCCCCCCCCC(C)C. The van der Waals surface area contributed by atoms with Crippen LogP contribution in [0.2, 0.25) is 0 Å². The first kappa shape index (κ1) is 107. The Morgan fingerprint density at radius 1 is 0.266 bits per heavy atom. The van der Waals surface area contributed by atoms with Crippen molar-refractivity contribution in [3.8, 4) is 0 Å². The van der Waals surface area contributed by atoms with Gasteiger partial charge in [0.15, 0.2) is 12.2 Å². The summed E-state index contributed by atoms with van der Waals surface area (Å²) in [5.41, 5.74) is 0. The van der Waals surface area contributed by atoms with E-state index in [1.165, 1.54) is 302 Å². The fourth-order valence-electron chi connectivity index (χ4n) is 14.1.